The molecule has 0 aromatic carbocycles. The summed E-state index contributed by atoms with van der Waals surface area (Å²) < 4.78 is 3.71. The van der Waals surface area contributed by atoms with Crippen molar-refractivity contribution >= 4 is 17.4 Å². The second-order valence-electron chi connectivity index (χ2n) is 4.30. The fraction of sp³-hybridized carbons (Fsp3) is 0.700. The van der Waals surface area contributed by atoms with E-state index in [1.807, 2.05) is 4.90 Å². The van der Waals surface area contributed by atoms with Gasteiger partial charge in [-0.05, 0) is 36.3 Å². The zero-order valence-corrected chi connectivity index (χ0v) is 10.1. The topological polar surface area (TPSA) is 72.1 Å². The minimum atomic E-state index is -0.0147. The Hall–Kier alpha value is -1.01. The molecule has 1 saturated heterocycles. The minimum absolute atomic E-state index is 0.0147. The van der Waals surface area contributed by atoms with E-state index in [1.54, 1.807) is 5.38 Å². The maximum atomic E-state index is 12.0. The first-order valence-corrected chi connectivity index (χ1v) is 6.32. The molecule has 2 rings (SSSR count). The highest BCUT2D eigenvalue weighted by atomic mass is 32.1. The van der Waals surface area contributed by atoms with E-state index >= 15 is 0 Å². The molecule has 0 spiro atoms. The van der Waals surface area contributed by atoms with E-state index in [-0.39, 0.29) is 5.91 Å². The minimum Gasteiger partial charge on any atom is -0.337 e. The number of likely N-dealkylation sites (tertiary alicyclic amines) is 1. The van der Waals surface area contributed by atoms with Gasteiger partial charge in [0.15, 0.2) is 5.69 Å². The van der Waals surface area contributed by atoms with Crippen LogP contribution in [0.1, 0.15) is 23.8 Å². The summed E-state index contributed by atoms with van der Waals surface area (Å²) in [4.78, 5) is 13.9. The Morgan fingerprint density at radius 2 is 2.56 bits per heavy atom. The van der Waals surface area contributed by atoms with E-state index in [9.17, 15) is 4.79 Å². The van der Waals surface area contributed by atoms with Crippen molar-refractivity contribution in [2.75, 3.05) is 19.6 Å². The van der Waals surface area contributed by atoms with Gasteiger partial charge in [0, 0.05) is 18.5 Å². The third-order valence-electron chi connectivity index (χ3n) is 3.28. The molecule has 6 heteroatoms. The second-order valence-corrected chi connectivity index (χ2v) is 4.91. The van der Waals surface area contributed by atoms with Crippen LogP contribution in [0.3, 0.4) is 0 Å². The van der Waals surface area contributed by atoms with Crippen LogP contribution in [0.5, 0.6) is 0 Å². The highest BCUT2D eigenvalue weighted by Gasteiger charge is 2.29. The van der Waals surface area contributed by atoms with E-state index in [4.69, 9.17) is 5.73 Å². The molecule has 2 heterocycles. The van der Waals surface area contributed by atoms with Crippen molar-refractivity contribution in [2.24, 2.45) is 17.6 Å². The summed E-state index contributed by atoms with van der Waals surface area (Å²) >= 11 is 1.21. The number of rotatable bonds is 2. The number of carbonyl (C=O) groups excluding carboxylic acids is 1. The molecule has 1 amide bonds. The molecular formula is C10H16N4OS. The van der Waals surface area contributed by atoms with Gasteiger partial charge in [0.1, 0.15) is 0 Å². The Kier molecular flexibility index (Phi) is 3.50. The number of amides is 1. The predicted molar refractivity (Wildman–Crippen MR) is 62.1 cm³/mol. The quantitative estimate of drug-likeness (QED) is 0.821. The summed E-state index contributed by atoms with van der Waals surface area (Å²) in [6.45, 7) is 4.38. The lowest BCUT2D eigenvalue weighted by atomic mass is 9.87. The highest BCUT2D eigenvalue weighted by Crippen LogP contribution is 2.23. The maximum absolute atomic E-state index is 12.0. The normalized spacial score (nSPS) is 25.8. The number of hydrogen-bond acceptors (Lipinski definition) is 5. The fourth-order valence-corrected chi connectivity index (χ4v) is 2.49. The van der Waals surface area contributed by atoms with Crippen molar-refractivity contribution < 1.29 is 4.79 Å². The zero-order chi connectivity index (χ0) is 11.5. The number of hydrogen-bond donors (Lipinski definition) is 1. The van der Waals surface area contributed by atoms with Crippen LogP contribution in [0.2, 0.25) is 0 Å². The van der Waals surface area contributed by atoms with Gasteiger partial charge < -0.3 is 10.6 Å². The molecule has 2 unspecified atom stereocenters. The molecule has 0 bridgehead atoms. The first-order valence-electron chi connectivity index (χ1n) is 5.48. The zero-order valence-electron chi connectivity index (χ0n) is 9.30. The molecule has 88 valence electrons. The van der Waals surface area contributed by atoms with Crippen molar-refractivity contribution in [1.82, 2.24) is 14.5 Å². The summed E-state index contributed by atoms with van der Waals surface area (Å²) in [5.41, 5.74) is 6.16. The van der Waals surface area contributed by atoms with E-state index in [2.05, 4.69) is 16.5 Å². The first-order chi connectivity index (χ1) is 7.72. The van der Waals surface area contributed by atoms with Gasteiger partial charge in [-0.3, -0.25) is 4.79 Å². The van der Waals surface area contributed by atoms with Crippen LogP contribution in [0, 0.1) is 11.8 Å². The highest BCUT2D eigenvalue weighted by molar-refractivity contribution is 7.03. The van der Waals surface area contributed by atoms with E-state index in [1.165, 1.54) is 11.5 Å². The van der Waals surface area contributed by atoms with Gasteiger partial charge in [-0.25, -0.2) is 0 Å². The molecular weight excluding hydrogens is 224 g/mol. The van der Waals surface area contributed by atoms with E-state index < -0.39 is 0 Å². The van der Waals surface area contributed by atoms with Gasteiger partial charge in [0.05, 0.1) is 0 Å². The molecule has 1 aromatic rings. The molecule has 0 saturated carbocycles. The average Bonchev–Trinajstić information content (AvgIpc) is 2.82. The lowest BCUT2D eigenvalue weighted by molar-refractivity contribution is 0.0612. The molecule has 1 aliphatic rings. The van der Waals surface area contributed by atoms with Crippen molar-refractivity contribution in [3.05, 3.63) is 11.1 Å². The van der Waals surface area contributed by atoms with Crippen LogP contribution in [0.15, 0.2) is 5.38 Å². The third-order valence-corrected chi connectivity index (χ3v) is 3.79. The lowest BCUT2D eigenvalue weighted by Gasteiger charge is -2.36. The Bertz CT molecular complexity index is 354. The number of nitrogens with zero attached hydrogens (tertiary/aromatic N) is 3. The van der Waals surface area contributed by atoms with Crippen molar-refractivity contribution in [3.8, 4) is 0 Å². The van der Waals surface area contributed by atoms with Crippen LogP contribution in [-0.2, 0) is 0 Å². The second kappa shape index (κ2) is 4.88. The number of piperidine rings is 1. The standard InChI is InChI=1S/C10H16N4OS/c1-7-2-3-14(5-8(7)4-11)10(15)9-6-16-13-12-9/h6-8H,2-5,11H2,1H3. The number of carbonyl (C=O) groups is 1. The summed E-state index contributed by atoms with van der Waals surface area (Å²) in [6.07, 6.45) is 1.02. The van der Waals surface area contributed by atoms with E-state index in [0.717, 1.165) is 19.5 Å². The summed E-state index contributed by atoms with van der Waals surface area (Å²) in [6, 6.07) is 0. The third kappa shape index (κ3) is 2.22. The monoisotopic (exact) mass is 240 g/mol. The fourth-order valence-electron chi connectivity index (χ4n) is 2.06. The maximum Gasteiger partial charge on any atom is 0.275 e. The molecule has 16 heavy (non-hydrogen) atoms. The van der Waals surface area contributed by atoms with Crippen molar-refractivity contribution in [3.63, 3.8) is 0 Å². The summed E-state index contributed by atoms with van der Waals surface area (Å²) in [7, 11) is 0. The van der Waals surface area contributed by atoms with Crippen LogP contribution in [0.25, 0.3) is 0 Å². The van der Waals surface area contributed by atoms with Gasteiger partial charge in [0.25, 0.3) is 5.91 Å². The van der Waals surface area contributed by atoms with Crippen molar-refractivity contribution in [1.29, 1.82) is 0 Å². The number of nitrogens with two attached hydrogens (primary N) is 1. The Labute approximate surface area is 98.8 Å². The largest absolute Gasteiger partial charge is 0.337 e. The lowest BCUT2D eigenvalue weighted by Crippen LogP contribution is -2.45. The van der Waals surface area contributed by atoms with Crippen LogP contribution >= 0.6 is 11.5 Å². The molecule has 5 nitrogen and oxygen atoms in total. The molecule has 1 aliphatic heterocycles. The number of aromatic nitrogens is 2. The summed E-state index contributed by atoms with van der Waals surface area (Å²) in [5, 5.41) is 5.50. The molecule has 1 aromatic heterocycles. The van der Waals surface area contributed by atoms with Gasteiger partial charge >= 0.3 is 0 Å². The molecule has 0 aliphatic carbocycles. The predicted octanol–water partition coefficient (Wildman–Crippen LogP) is 0.595. The Morgan fingerprint density at radius 1 is 1.75 bits per heavy atom. The van der Waals surface area contributed by atoms with Crippen LogP contribution < -0.4 is 5.73 Å². The van der Waals surface area contributed by atoms with Gasteiger partial charge in [0.2, 0.25) is 0 Å². The van der Waals surface area contributed by atoms with Crippen LogP contribution in [-0.4, -0.2) is 40.0 Å². The van der Waals surface area contributed by atoms with E-state index in [0.29, 0.717) is 24.1 Å². The smallest absolute Gasteiger partial charge is 0.275 e. The average molecular weight is 240 g/mol. The summed E-state index contributed by atoms with van der Waals surface area (Å²) in [5.74, 6) is 0.992. The first kappa shape index (κ1) is 11.5. The SMILES string of the molecule is CC1CCN(C(=O)c2csnn2)CC1CN. The Balaban J connectivity index is 2.03. The molecule has 0 radical (unpaired) electrons. The molecule has 1 fully saturated rings. The molecule has 2 N–H and O–H groups in total. The van der Waals surface area contributed by atoms with Gasteiger partial charge in [-0.15, -0.1) is 5.10 Å². The van der Waals surface area contributed by atoms with Crippen molar-refractivity contribution in [2.45, 2.75) is 13.3 Å². The Morgan fingerprint density at radius 3 is 3.19 bits per heavy atom. The molecule has 2 atom stereocenters. The van der Waals surface area contributed by atoms with Crippen LogP contribution in [0.4, 0.5) is 0 Å². The van der Waals surface area contributed by atoms with Gasteiger partial charge in [-0.1, -0.05) is 11.4 Å². The van der Waals surface area contributed by atoms with Gasteiger partial charge in [-0.2, -0.15) is 0 Å².